The Morgan fingerprint density at radius 3 is 2.34 bits per heavy atom. The monoisotopic (exact) mass is 650 g/mol. The molecule has 0 fully saturated rings. The van der Waals surface area contributed by atoms with Gasteiger partial charge in [-0.3, -0.25) is 4.79 Å². The second kappa shape index (κ2) is 11.1. The molecular weight excluding hydrogens is 634 g/mol. The highest BCUT2D eigenvalue weighted by Crippen LogP contribution is 2.30. The Kier molecular flexibility index (Phi) is 8.24. The van der Waals surface area contributed by atoms with E-state index in [0.29, 0.717) is 17.9 Å². The predicted octanol–water partition coefficient (Wildman–Crippen LogP) is 5.72. The third-order valence-electron chi connectivity index (χ3n) is 4.29. The van der Waals surface area contributed by atoms with Crippen LogP contribution in [0.1, 0.15) is 21.5 Å². The van der Waals surface area contributed by atoms with Crippen molar-refractivity contribution in [2.45, 2.75) is 6.61 Å². The van der Waals surface area contributed by atoms with Crippen LogP contribution in [0.15, 0.2) is 72.3 Å². The topological polar surface area (TPSA) is 99.4 Å². The molecule has 3 aromatic rings. The molecule has 0 aliphatic heterocycles. The molecule has 3 aromatic carbocycles. The normalized spacial score (nSPS) is 10.8. The van der Waals surface area contributed by atoms with Gasteiger partial charge in [-0.15, -0.1) is 0 Å². The Morgan fingerprint density at radius 1 is 1.03 bits per heavy atom. The summed E-state index contributed by atoms with van der Waals surface area (Å²) in [7, 11) is 0. The van der Waals surface area contributed by atoms with Gasteiger partial charge in [0.25, 0.3) is 5.91 Å². The fraction of sp³-hybridized carbons (Fsp3) is 0.0417. The number of nitriles is 1. The van der Waals surface area contributed by atoms with Crippen molar-refractivity contribution in [3.8, 4) is 11.8 Å². The van der Waals surface area contributed by atoms with Crippen molar-refractivity contribution in [1.82, 2.24) is 0 Å². The average molecular weight is 650 g/mol. The molecule has 8 heteroatoms. The van der Waals surface area contributed by atoms with Gasteiger partial charge in [0, 0.05) is 5.69 Å². The number of halogens is 2. The van der Waals surface area contributed by atoms with Crippen molar-refractivity contribution in [1.29, 1.82) is 5.26 Å². The first-order valence-corrected chi connectivity index (χ1v) is 11.5. The number of carbonyl (C=O) groups is 2. The number of carbonyl (C=O) groups excluding carboxylic acids is 1. The Morgan fingerprint density at radius 2 is 1.72 bits per heavy atom. The van der Waals surface area contributed by atoms with E-state index in [2.05, 4.69) is 50.5 Å². The van der Waals surface area contributed by atoms with Gasteiger partial charge in [0.1, 0.15) is 24.0 Å². The minimum absolute atomic E-state index is 0.0421. The van der Waals surface area contributed by atoms with Crippen LogP contribution in [0, 0.1) is 18.5 Å². The van der Waals surface area contributed by atoms with Crippen LogP contribution in [0.3, 0.4) is 0 Å². The van der Waals surface area contributed by atoms with Crippen molar-refractivity contribution in [2.75, 3.05) is 5.32 Å². The fourth-order valence-corrected chi connectivity index (χ4v) is 4.90. The number of carboxylic acids is 1. The van der Waals surface area contributed by atoms with E-state index >= 15 is 0 Å². The molecule has 0 radical (unpaired) electrons. The highest BCUT2D eigenvalue weighted by atomic mass is 127. The molecule has 3 rings (SSSR count). The molecule has 32 heavy (non-hydrogen) atoms. The molecule has 1 amide bonds. The molecule has 0 atom stereocenters. The van der Waals surface area contributed by atoms with Crippen LogP contribution in [0.4, 0.5) is 5.69 Å². The molecule has 160 valence electrons. The van der Waals surface area contributed by atoms with E-state index in [1.807, 2.05) is 48.5 Å². The molecule has 0 aromatic heterocycles. The van der Waals surface area contributed by atoms with Gasteiger partial charge < -0.3 is 15.2 Å². The summed E-state index contributed by atoms with van der Waals surface area (Å²) >= 11 is 4.32. The summed E-state index contributed by atoms with van der Waals surface area (Å²) in [5, 5.41) is 21.1. The first kappa shape index (κ1) is 23.7. The summed E-state index contributed by atoms with van der Waals surface area (Å²) in [6.45, 7) is 0.434. The third-order valence-corrected chi connectivity index (χ3v) is 5.89. The number of anilines is 1. The van der Waals surface area contributed by atoms with Crippen molar-refractivity contribution in [3.05, 3.63) is 96.1 Å². The number of hydrogen-bond acceptors (Lipinski definition) is 4. The Labute approximate surface area is 212 Å². The zero-order valence-electron chi connectivity index (χ0n) is 16.5. The molecule has 0 bridgehead atoms. The van der Waals surface area contributed by atoms with Gasteiger partial charge in [-0.05, 0) is 92.7 Å². The van der Waals surface area contributed by atoms with Gasteiger partial charge in [0.2, 0.25) is 0 Å². The smallest absolute Gasteiger partial charge is 0.335 e. The quantitative estimate of drug-likeness (QED) is 0.194. The lowest BCUT2D eigenvalue weighted by molar-refractivity contribution is -0.112. The maximum absolute atomic E-state index is 12.5. The van der Waals surface area contributed by atoms with Crippen LogP contribution in [-0.2, 0) is 11.4 Å². The van der Waals surface area contributed by atoms with Crippen molar-refractivity contribution in [3.63, 3.8) is 0 Å². The number of carboxylic acid groups (broad SMARTS) is 1. The largest absolute Gasteiger partial charge is 0.487 e. The third kappa shape index (κ3) is 6.30. The Hall–Kier alpha value is -2.91. The summed E-state index contributed by atoms with van der Waals surface area (Å²) < 4.78 is 7.67. The second-order valence-electron chi connectivity index (χ2n) is 6.60. The van der Waals surface area contributed by atoms with Crippen LogP contribution >= 0.6 is 45.2 Å². The summed E-state index contributed by atoms with van der Waals surface area (Å²) in [5.74, 6) is -0.985. The van der Waals surface area contributed by atoms with Gasteiger partial charge >= 0.3 is 5.97 Å². The number of ether oxygens (including phenoxy) is 1. The number of rotatable bonds is 7. The molecule has 0 saturated carbocycles. The Balaban J connectivity index is 1.78. The molecule has 0 aliphatic rings. The van der Waals surface area contributed by atoms with Gasteiger partial charge in [-0.25, -0.2) is 4.79 Å². The maximum atomic E-state index is 12.5. The Bertz CT molecular complexity index is 1210. The van der Waals surface area contributed by atoms with Gasteiger partial charge in [-0.2, -0.15) is 5.26 Å². The molecule has 0 saturated heterocycles. The number of hydrogen-bond donors (Lipinski definition) is 2. The fourth-order valence-electron chi connectivity index (χ4n) is 2.77. The molecule has 0 unspecified atom stereocenters. The van der Waals surface area contributed by atoms with E-state index in [9.17, 15) is 14.9 Å². The van der Waals surface area contributed by atoms with Gasteiger partial charge in [0.15, 0.2) is 0 Å². The highest BCUT2D eigenvalue weighted by molar-refractivity contribution is 14.1. The van der Waals surface area contributed by atoms with E-state index in [4.69, 9.17) is 9.84 Å². The minimum atomic E-state index is -1.10. The van der Waals surface area contributed by atoms with Gasteiger partial charge in [0.05, 0.1) is 12.7 Å². The van der Waals surface area contributed by atoms with Crippen LogP contribution in [0.25, 0.3) is 6.08 Å². The van der Waals surface area contributed by atoms with Crippen LogP contribution < -0.4 is 10.1 Å². The van der Waals surface area contributed by atoms with Crippen LogP contribution in [-0.4, -0.2) is 17.0 Å². The standard InChI is InChI=1S/C24H16I2N2O4/c25-20-10-16(11-21(26)22(20)32-14-15-5-2-1-3-6-15)9-18(13-27)23(29)28-19-8-4-7-17(12-19)24(30)31/h1-12H,14H2,(H,28,29)(H,30,31)/b18-9-. The lowest BCUT2D eigenvalue weighted by atomic mass is 10.1. The number of nitrogens with one attached hydrogen (secondary N) is 1. The molecule has 2 N–H and O–H groups in total. The van der Waals surface area contributed by atoms with Crippen LogP contribution in [0.2, 0.25) is 0 Å². The second-order valence-corrected chi connectivity index (χ2v) is 8.92. The maximum Gasteiger partial charge on any atom is 0.335 e. The van der Waals surface area contributed by atoms with Crippen molar-refractivity contribution in [2.24, 2.45) is 0 Å². The zero-order valence-corrected chi connectivity index (χ0v) is 20.8. The lowest BCUT2D eigenvalue weighted by Crippen LogP contribution is -2.14. The molecule has 0 heterocycles. The van der Waals surface area contributed by atoms with Crippen molar-refractivity contribution >= 4 is 68.8 Å². The van der Waals surface area contributed by atoms with Crippen LogP contribution in [0.5, 0.6) is 5.75 Å². The lowest BCUT2D eigenvalue weighted by Gasteiger charge is -2.12. The molecule has 0 spiro atoms. The zero-order chi connectivity index (χ0) is 23.1. The molecule has 0 aliphatic carbocycles. The minimum Gasteiger partial charge on any atom is -0.487 e. The van der Waals surface area contributed by atoms with Crippen molar-refractivity contribution < 1.29 is 19.4 Å². The van der Waals surface area contributed by atoms with E-state index in [1.54, 1.807) is 6.07 Å². The molecular formula is C24H16I2N2O4. The van der Waals surface area contributed by atoms with E-state index in [-0.39, 0.29) is 11.1 Å². The summed E-state index contributed by atoms with van der Waals surface area (Å²) in [6, 6.07) is 21.2. The molecule has 6 nitrogen and oxygen atoms in total. The summed E-state index contributed by atoms with van der Waals surface area (Å²) in [6.07, 6.45) is 1.49. The number of nitrogens with zero attached hydrogens (tertiary/aromatic N) is 1. The summed E-state index contributed by atoms with van der Waals surface area (Å²) in [4.78, 5) is 23.6. The van der Waals surface area contributed by atoms with Gasteiger partial charge in [-0.1, -0.05) is 36.4 Å². The first-order chi connectivity index (χ1) is 15.4. The number of benzene rings is 3. The number of aromatic carboxylic acids is 1. The average Bonchev–Trinajstić information content (AvgIpc) is 2.77. The highest BCUT2D eigenvalue weighted by Gasteiger charge is 2.13. The van der Waals surface area contributed by atoms with E-state index in [0.717, 1.165) is 18.5 Å². The SMILES string of the molecule is N#C/C(=C/c1cc(I)c(OCc2ccccc2)c(I)c1)C(=O)Nc1cccc(C(=O)O)c1. The first-order valence-electron chi connectivity index (χ1n) is 9.29. The number of amides is 1. The summed E-state index contributed by atoms with van der Waals surface area (Å²) in [5.41, 5.74) is 1.97. The van der Waals surface area contributed by atoms with E-state index in [1.165, 1.54) is 24.3 Å². The predicted molar refractivity (Wildman–Crippen MR) is 138 cm³/mol. The van der Waals surface area contributed by atoms with E-state index < -0.39 is 11.9 Å².